The average molecular weight is 521 g/mol. The molecule has 1 aliphatic carbocycles. The van der Waals surface area contributed by atoms with Crippen LogP contribution in [0.5, 0.6) is 5.75 Å². The summed E-state index contributed by atoms with van der Waals surface area (Å²) in [5.41, 5.74) is 2.21. The molecule has 1 heterocycles. The van der Waals surface area contributed by atoms with E-state index in [1.165, 1.54) is 37.9 Å². The minimum absolute atomic E-state index is 0.0285. The molecule has 1 saturated carbocycles. The second-order valence-electron chi connectivity index (χ2n) is 10.1. The molecule has 1 N–H and O–H groups in total. The minimum Gasteiger partial charge on any atom is -0.497 e. The maximum absolute atomic E-state index is 12.7. The Kier molecular flexibility index (Phi) is 11.4. The maximum Gasteiger partial charge on any atom is 0.241 e. The number of methoxy groups -OCH3 is 1. The van der Waals surface area contributed by atoms with Crippen molar-refractivity contribution in [2.75, 3.05) is 60.5 Å². The van der Waals surface area contributed by atoms with Gasteiger partial charge in [-0.3, -0.25) is 9.59 Å². The molecule has 1 aromatic rings. The van der Waals surface area contributed by atoms with E-state index in [9.17, 15) is 9.59 Å². The van der Waals surface area contributed by atoms with Crippen molar-refractivity contribution in [3.63, 3.8) is 0 Å². The van der Waals surface area contributed by atoms with Gasteiger partial charge in [0.25, 0.3) is 0 Å². The summed E-state index contributed by atoms with van der Waals surface area (Å²) in [5, 5.41) is 2.80. The van der Waals surface area contributed by atoms with E-state index in [-0.39, 0.29) is 30.9 Å². The van der Waals surface area contributed by atoms with Gasteiger partial charge in [0, 0.05) is 24.5 Å². The predicted molar refractivity (Wildman–Crippen MR) is 144 cm³/mol. The smallest absolute Gasteiger partial charge is 0.241 e. The van der Waals surface area contributed by atoms with E-state index >= 15 is 0 Å². The highest BCUT2D eigenvalue weighted by molar-refractivity contribution is 7.97. The van der Waals surface area contributed by atoms with Crippen molar-refractivity contribution in [3.05, 3.63) is 23.3 Å². The minimum atomic E-state index is -0.161. The number of nitrogens with one attached hydrogen (secondary N) is 1. The molecule has 0 aromatic heterocycles. The number of benzene rings is 1. The van der Waals surface area contributed by atoms with Crippen molar-refractivity contribution in [3.8, 4) is 5.75 Å². The number of likely N-dealkylation sites (N-methyl/N-ethyl adjacent to an activating group) is 2. The molecule has 0 radical (unpaired) electrons. The lowest BCUT2D eigenvalue weighted by molar-refractivity contribution is -0.134. The Morgan fingerprint density at radius 1 is 1.08 bits per heavy atom. The fourth-order valence-electron chi connectivity index (χ4n) is 5.08. The molecule has 0 atom stereocenters. The number of likely N-dealkylation sites (tertiary alicyclic amines) is 1. The molecule has 1 aliphatic heterocycles. The van der Waals surface area contributed by atoms with Gasteiger partial charge in [-0.15, -0.1) is 0 Å². The third-order valence-corrected chi connectivity index (χ3v) is 8.53. The standard InChI is InChI=1S/C27H44N4O4S/c1-20-16-24(34-5)17-21(2)27(20)36-29(3)19-25(32)28-18-26(33)30(4)22-8-10-23(11-9-22)35-15-14-31-12-6-7-13-31/h16-17,22-23H,6-15,18-19H2,1-5H3,(H,28,32)/t22-,23-. The number of hydrogen-bond donors (Lipinski definition) is 1. The molecule has 0 bridgehead atoms. The van der Waals surface area contributed by atoms with Gasteiger partial charge in [-0.1, -0.05) is 0 Å². The fourth-order valence-corrected chi connectivity index (χ4v) is 5.97. The summed E-state index contributed by atoms with van der Waals surface area (Å²) in [5.74, 6) is 0.625. The first-order valence-corrected chi connectivity index (χ1v) is 13.9. The Labute approximate surface area is 221 Å². The lowest BCUT2D eigenvalue weighted by Gasteiger charge is -2.35. The van der Waals surface area contributed by atoms with Gasteiger partial charge in [0.05, 0.1) is 32.9 Å². The number of carbonyl (C=O) groups is 2. The molecule has 2 amide bonds. The van der Waals surface area contributed by atoms with Gasteiger partial charge < -0.3 is 24.6 Å². The predicted octanol–water partition coefficient (Wildman–Crippen LogP) is 3.25. The average Bonchev–Trinajstić information content (AvgIpc) is 3.38. The highest BCUT2D eigenvalue weighted by Crippen LogP contribution is 2.31. The summed E-state index contributed by atoms with van der Waals surface area (Å²) >= 11 is 1.53. The number of amides is 2. The number of hydrogen-bond acceptors (Lipinski definition) is 7. The number of nitrogens with zero attached hydrogens (tertiary/aromatic N) is 3. The van der Waals surface area contributed by atoms with Crippen molar-refractivity contribution < 1.29 is 19.1 Å². The van der Waals surface area contributed by atoms with Crippen LogP contribution in [-0.2, 0) is 14.3 Å². The second-order valence-corrected chi connectivity index (χ2v) is 11.3. The van der Waals surface area contributed by atoms with E-state index < -0.39 is 0 Å². The normalized spacial score (nSPS) is 20.5. The number of carbonyl (C=O) groups excluding carboxylic acids is 2. The van der Waals surface area contributed by atoms with Crippen molar-refractivity contribution in [1.29, 1.82) is 0 Å². The number of rotatable bonds is 12. The van der Waals surface area contributed by atoms with Crippen LogP contribution >= 0.6 is 11.9 Å². The van der Waals surface area contributed by atoms with Crippen LogP contribution in [0.3, 0.4) is 0 Å². The molecule has 36 heavy (non-hydrogen) atoms. The van der Waals surface area contributed by atoms with Crippen LogP contribution in [-0.4, -0.2) is 98.6 Å². The zero-order valence-corrected chi connectivity index (χ0v) is 23.5. The molecule has 8 nitrogen and oxygen atoms in total. The highest BCUT2D eigenvalue weighted by atomic mass is 32.2. The van der Waals surface area contributed by atoms with Crippen LogP contribution in [0.4, 0.5) is 0 Å². The van der Waals surface area contributed by atoms with Crippen LogP contribution in [0.25, 0.3) is 0 Å². The highest BCUT2D eigenvalue weighted by Gasteiger charge is 2.27. The van der Waals surface area contributed by atoms with Crippen LogP contribution in [0.2, 0.25) is 0 Å². The molecule has 0 unspecified atom stereocenters. The summed E-state index contributed by atoms with van der Waals surface area (Å²) in [7, 11) is 5.39. The van der Waals surface area contributed by atoms with Crippen molar-refractivity contribution in [2.45, 2.75) is 69.4 Å². The Bertz CT molecular complexity index is 846. The van der Waals surface area contributed by atoms with E-state index in [2.05, 4.69) is 10.2 Å². The van der Waals surface area contributed by atoms with E-state index in [4.69, 9.17) is 9.47 Å². The maximum atomic E-state index is 12.7. The first-order chi connectivity index (χ1) is 17.3. The van der Waals surface area contributed by atoms with E-state index in [0.717, 1.165) is 60.6 Å². The van der Waals surface area contributed by atoms with Gasteiger partial charge in [0.2, 0.25) is 11.8 Å². The van der Waals surface area contributed by atoms with Crippen LogP contribution < -0.4 is 10.1 Å². The van der Waals surface area contributed by atoms with E-state index in [1.807, 2.05) is 49.3 Å². The summed E-state index contributed by atoms with van der Waals surface area (Å²) in [6, 6.07) is 4.20. The summed E-state index contributed by atoms with van der Waals surface area (Å²) in [4.78, 5) is 30.6. The molecular weight excluding hydrogens is 476 g/mol. The molecule has 3 rings (SSSR count). The third kappa shape index (κ3) is 8.64. The lowest BCUT2D eigenvalue weighted by atomic mass is 9.92. The fraction of sp³-hybridized carbons (Fsp3) is 0.704. The molecule has 9 heteroatoms. The first-order valence-electron chi connectivity index (χ1n) is 13.2. The first kappa shape index (κ1) is 28.8. The zero-order chi connectivity index (χ0) is 26.1. The van der Waals surface area contributed by atoms with Gasteiger partial charge in [-0.25, -0.2) is 4.31 Å². The van der Waals surface area contributed by atoms with Gasteiger partial charge in [0.15, 0.2) is 0 Å². The molecule has 1 saturated heterocycles. The Hall–Kier alpha value is -1.81. The Morgan fingerprint density at radius 2 is 1.72 bits per heavy atom. The molecular formula is C27H44N4O4S. The summed E-state index contributed by atoms with van der Waals surface area (Å²) < 4.78 is 13.3. The largest absolute Gasteiger partial charge is 0.497 e. The Morgan fingerprint density at radius 3 is 2.33 bits per heavy atom. The monoisotopic (exact) mass is 520 g/mol. The van der Waals surface area contributed by atoms with Crippen molar-refractivity contribution >= 4 is 23.8 Å². The molecule has 0 spiro atoms. The quantitative estimate of drug-likeness (QED) is 0.424. The van der Waals surface area contributed by atoms with Crippen molar-refractivity contribution in [1.82, 2.24) is 19.4 Å². The molecule has 202 valence electrons. The van der Waals surface area contributed by atoms with Gasteiger partial charge in [-0.2, -0.15) is 0 Å². The molecule has 2 aliphatic rings. The molecule has 1 aromatic carbocycles. The van der Waals surface area contributed by atoms with Crippen LogP contribution in [0, 0.1) is 13.8 Å². The van der Waals surface area contributed by atoms with Crippen LogP contribution in [0.1, 0.15) is 49.7 Å². The van der Waals surface area contributed by atoms with Gasteiger partial charge in [0.1, 0.15) is 5.75 Å². The van der Waals surface area contributed by atoms with E-state index in [0.29, 0.717) is 6.10 Å². The van der Waals surface area contributed by atoms with Gasteiger partial charge in [-0.05, 0) is 108 Å². The molecule has 2 fully saturated rings. The van der Waals surface area contributed by atoms with E-state index in [1.54, 1.807) is 7.11 Å². The second kappa shape index (κ2) is 14.2. The number of aryl methyl sites for hydroxylation is 2. The van der Waals surface area contributed by atoms with Crippen LogP contribution in [0.15, 0.2) is 17.0 Å². The number of ether oxygens (including phenoxy) is 2. The topological polar surface area (TPSA) is 74.3 Å². The zero-order valence-electron chi connectivity index (χ0n) is 22.7. The van der Waals surface area contributed by atoms with Gasteiger partial charge >= 0.3 is 0 Å². The lowest BCUT2D eigenvalue weighted by Crippen LogP contribution is -2.46. The SMILES string of the molecule is COc1cc(C)c(SN(C)CC(=O)NCC(=O)N(C)[C@H]2CC[C@H](OCCN3CCCC3)CC2)c(C)c1. The van der Waals surface area contributed by atoms with Crippen molar-refractivity contribution in [2.24, 2.45) is 0 Å². The summed E-state index contributed by atoms with van der Waals surface area (Å²) in [6.45, 7) is 8.55. The third-order valence-electron chi connectivity index (χ3n) is 7.26. The Balaban J connectivity index is 1.33. The summed E-state index contributed by atoms with van der Waals surface area (Å²) in [6.07, 6.45) is 6.80.